The second-order valence-electron chi connectivity index (χ2n) is 10.3. The molecular weight excluding hydrogens is 518 g/mol. The van der Waals surface area contributed by atoms with Crippen molar-refractivity contribution in [3.8, 4) is 0 Å². The highest BCUT2D eigenvalue weighted by Gasteiger charge is 2.37. The molecule has 12 heteroatoms. The minimum Gasteiger partial charge on any atom is -0.381 e. The third-order valence-electron chi connectivity index (χ3n) is 7.44. The van der Waals surface area contributed by atoms with Gasteiger partial charge in [0.05, 0.1) is 26.4 Å². The van der Waals surface area contributed by atoms with E-state index in [1.807, 2.05) is 6.07 Å². The summed E-state index contributed by atoms with van der Waals surface area (Å²) in [5, 5.41) is 9.37. The van der Waals surface area contributed by atoms with Gasteiger partial charge in [-0.1, -0.05) is 18.2 Å². The van der Waals surface area contributed by atoms with Crippen LogP contribution in [0.5, 0.6) is 0 Å². The monoisotopic (exact) mass is 559 g/mol. The van der Waals surface area contributed by atoms with E-state index in [1.54, 1.807) is 29.2 Å². The van der Waals surface area contributed by atoms with Gasteiger partial charge in [-0.3, -0.25) is 19.2 Å². The summed E-state index contributed by atoms with van der Waals surface area (Å²) in [7, 11) is 0. The fraction of sp³-hybridized carbons (Fsp3) is 0.643. The highest BCUT2D eigenvalue weighted by molar-refractivity contribution is 5.94. The van der Waals surface area contributed by atoms with Crippen LogP contribution in [-0.4, -0.2) is 124 Å². The van der Waals surface area contributed by atoms with Gasteiger partial charge in [-0.25, -0.2) is 0 Å². The Morgan fingerprint density at radius 3 is 2.45 bits per heavy atom. The summed E-state index contributed by atoms with van der Waals surface area (Å²) in [5.74, 6) is -1.16. The molecule has 3 aliphatic rings. The van der Waals surface area contributed by atoms with Gasteiger partial charge in [0, 0.05) is 57.0 Å². The SMILES string of the molecule is O=C(NCCN1CC(=O)N2CC[C@@H](NC3CCOCC3)C[C@@H]2C(=O)NCCOCCOCC1=O)c1ccccc1. The minimum atomic E-state index is -0.658. The zero-order chi connectivity index (χ0) is 28.2. The Kier molecular flexibility index (Phi) is 11.7. The van der Waals surface area contributed by atoms with Crippen molar-refractivity contribution in [2.45, 2.75) is 43.8 Å². The first-order chi connectivity index (χ1) is 19.5. The second kappa shape index (κ2) is 15.7. The van der Waals surface area contributed by atoms with Crippen LogP contribution in [0.2, 0.25) is 0 Å². The Labute approximate surface area is 235 Å². The van der Waals surface area contributed by atoms with Crippen molar-refractivity contribution >= 4 is 23.6 Å². The first kappa shape index (κ1) is 29.9. The molecule has 0 radical (unpaired) electrons. The Balaban J connectivity index is 1.41. The summed E-state index contributed by atoms with van der Waals surface area (Å²) in [5.41, 5.74) is 0.511. The lowest BCUT2D eigenvalue weighted by Crippen LogP contribution is -2.60. The third kappa shape index (κ3) is 8.98. The summed E-state index contributed by atoms with van der Waals surface area (Å²) in [6.07, 6.45) is 3.04. The van der Waals surface area contributed by atoms with Crippen LogP contribution < -0.4 is 16.0 Å². The maximum atomic E-state index is 13.6. The van der Waals surface area contributed by atoms with Crippen molar-refractivity contribution in [2.24, 2.45) is 0 Å². The molecule has 40 heavy (non-hydrogen) atoms. The molecule has 2 atom stereocenters. The lowest BCUT2D eigenvalue weighted by molar-refractivity contribution is -0.148. The summed E-state index contributed by atoms with van der Waals surface area (Å²) in [6.45, 7) is 2.83. The van der Waals surface area contributed by atoms with Crippen molar-refractivity contribution in [1.29, 1.82) is 0 Å². The van der Waals surface area contributed by atoms with Gasteiger partial charge in [-0.15, -0.1) is 0 Å². The number of carbonyl (C=O) groups is 4. The van der Waals surface area contributed by atoms with Crippen molar-refractivity contribution in [3.05, 3.63) is 35.9 Å². The molecule has 3 fully saturated rings. The first-order valence-corrected chi connectivity index (χ1v) is 14.2. The van der Waals surface area contributed by atoms with Gasteiger partial charge < -0.3 is 40.0 Å². The number of benzene rings is 1. The van der Waals surface area contributed by atoms with E-state index in [2.05, 4.69) is 16.0 Å². The maximum Gasteiger partial charge on any atom is 0.251 e. The molecule has 0 unspecified atom stereocenters. The molecule has 4 amide bonds. The Bertz CT molecular complexity index is 989. The average molecular weight is 560 g/mol. The molecule has 12 nitrogen and oxygen atoms in total. The zero-order valence-electron chi connectivity index (χ0n) is 23.0. The van der Waals surface area contributed by atoms with Crippen molar-refractivity contribution in [2.75, 3.05) is 72.4 Å². The van der Waals surface area contributed by atoms with Gasteiger partial charge in [0.25, 0.3) is 5.91 Å². The number of nitrogens with one attached hydrogen (secondary N) is 3. The highest BCUT2D eigenvalue weighted by atomic mass is 16.5. The number of hydrogen-bond acceptors (Lipinski definition) is 8. The standard InChI is InChI=1S/C28H41N5O7/c34-25-19-32(12-9-29-27(36)21-4-2-1-3-5-21)26(35)20-40-17-16-39-15-10-30-28(37)24-18-23(6-11-33(24)25)31-22-7-13-38-14-8-22/h1-5,22-24,31H,6-20H2,(H,29,36)(H,30,37)/t23-,24-/m1/s1. The number of piperidine rings is 1. The number of hydrogen-bond donors (Lipinski definition) is 3. The number of amides is 4. The number of nitrogens with zero attached hydrogens (tertiary/aromatic N) is 2. The lowest BCUT2D eigenvalue weighted by Gasteiger charge is -2.41. The maximum absolute atomic E-state index is 13.6. The van der Waals surface area contributed by atoms with Crippen LogP contribution in [0, 0.1) is 0 Å². The molecule has 3 heterocycles. The van der Waals surface area contributed by atoms with E-state index in [9.17, 15) is 19.2 Å². The van der Waals surface area contributed by atoms with Gasteiger partial charge in [0.15, 0.2) is 0 Å². The van der Waals surface area contributed by atoms with Crippen LogP contribution in [0.1, 0.15) is 36.0 Å². The summed E-state index contributed by atoms with van der Waals surface area (Å²) < 4.78 is 16.4. The van der Waals surface area contributed by atoms with Crippen LogP contribution in [0.25, 0.3) is 0 Å². The molecule has 220 valence electrons. The molecule has 0 aliphatic carbocycles. The number of carbonyl (C=O) groups excluding carboxylic acids is 4. The molecule has 0 aromatic heterocycles. The molecule has 4 rings (SSSR count). The molecule has 0 bridgehead atoms. The normalized spacial score (nSPS) is 24.4. The van der Waals surface area contributed by atoms with Gasteiger partial charge >= 0.3 is 0 Å². The Morgan fingerprint density at radius 1 is 0.900 bits per heavy atom. The van der Waals surface area contributed by atoms with E-state index in [0.29, 0.717) is 44.1 Å². The van der Waals surface area contributed by atoms with Crippen LogP contribution >= 0.6 is 0 Å². The molecular formula is C28H41N5O7. The average Bonchev–Trinajstić information content (AvgIpc) is 2.98. The first-order valence-electron chi connectivity index (χ1n) is 14.2. The fourth-order valence-electron chi connectivity index (χ4n) is 5.24. The van der Waals surface area contributed by atoms with Crippen LogP contribution in [0.4, 0.5) is 0 Å². The number of ether oxygens (including phenoxy) is 3. The molecule has 0 spiro atoms. The predicted octanol–water partition coefficient (Wildman–Crippen LogP) is -0.464. The molecule has 1 aromatic rings. The van der Waals surface area contributed by atoms with E-state index in [1.165, 1.54) is 4.90 Å². The molecule has 3 saturated heterocycles. The third-order valence-corrected chi connectivity index (χ3v) is 7.44. The molecule has 3 aliphatic heterocycles. The van der Waals surface area contributed by atoms with Crippen molar-refractivity contribution in [3.63, 3.8) is 0 Å². The lowest BCUT2D eigenvalue weighted by atomic mass is 9.94. The van der Waals surface area contributed by atoms with Gasteiger partial charge in [-0.2, -0.15) is 0 Å². The van der Waals surface area contributed by atoms with Crippen LogP contribution in [0.3, 0.4) is 0 Å². The smallest absolute Gasteiger partial charge is 0.251 e. The molecule has 1 aromatic carbocycles. The summed E-state index contributed by atoms with van der Waals surface area (Å²) in [4.78, 5) is 55.2. The van der Waals surface area contributed by atoms with Crippen molar-refractivity contribution < 1.29 is 33.4 Å². The highest BCUT2D eigenvalue weighted by Crippen LogP contribution is 2.21. The quantitative estimate of drug-likeness (QED) is 0.426. The van der Waals surface area contributed by atoms with E-state index in [-0.39, 0.29) is 69.1 Å². The Morgan fingerprint density at radius 2 is 1.65 bits per heavy atom. The molecule has 0 saturated carbocycles. The minimum absolute atomic E-state index is 0.0977. The van der Waals surface area contributed by atoms with Gasteiger partial charge in [0.2, 0.25) is 17.7 Å². The predicted molar refractivity (Wildman–Crippen MR) is 146 cm³/mol. The number of fused-ring (bicyclic) bond motifs is 1. The van der Waals surface area contributed by atoms with Crippen LogP contribution in [-0.2, 0) is 28.6 Å². The largest absolute Gasteiger partial charge is 0.381 e. The van der Waals surface area contributed by atoms with Gasteiger partial charge in [-0.05, 0) is 37.8 Å². The topological polar surface area (TPSA) is 139 Å². The Hall–Kier alpha value is -3.06. The van der Waals surface area contributed by atoms with E-state index < -0.39 is 6.04 Å². The van der Waals surface area contributed by atoms with E-state index in [0.717, 1.165) is 26.1 Å². The van der Waals surface area contributed by atoms with Crippen molar-refractivity contribution in [1.82, 2.24) is 25.8 Å². The molecule has 3 N–H and O–H groups in total. The number of rotatable bonds is 6. The summed E-state index contributed by atoms with van der Waals surface area (Å²) in [6, 6.07) is 8.56. The second-order valence-corrected chi connectivity index (χ2v) is 10.3. The van der Waals surface area contributed by atoms with E-state index in [4.69, 9.17) is 14.2 Å². The van der Waals surface area contributed by atoms with Gasteiger partial charge in [0.1, 0.15) is 12.6 Å². The van der Waals surface area contributed by atoms with E-state index >= 15 is 0 Å². The van der Waals surface area contributed by atoms with Crippen LogP contribution in [0.15, 0.2) is 30.3 Å². The zero-order valence-corrected chi connectivity index (χ0v) is 23.0. The summed E-state index contributed by atoms with van der Waals surface area (Å²) >= 11 is 0. The fourth-order valence-corrected chi connectivity index (χ4v) is 5.24.